The highest BCUT2D eigenvalue weighted by atomic mass is 127. The Kier molecular flexibility index (Phi) is 7.39. The van der Waals surface area contributed by atoms with Crippen LogP contribution in [0.1, 0.15) is 49.3 Å². The highest BCUT2D eigenvalue weighted by Crippen LogP contribution is 2.35. The number of fused-ring (bicyclic) bond motifs is 2. The van der Waals surface area contributed by atoms with Gasteiger partial charge >= 0.3 is 0 Å². The van der Waals surface area contributed by atoms with E-state index in [0.717, 1.165) is 32.0 Å². The molecule has 0 radical (unpaired) electrons. The van der Waals surface area contributed by atoms with Crippen molar-refractivity contribution in [3.05, 3.63) is 35.4 Å². The molecule has 4 rings (SSSR count). The van der Waals surface area contributed by atoms with Crippen molar-refractivity contribution in [2.24, 2.45) is 10.9 Å². The number of nitrogens with one attached hydrogen (secondary N) is 2. The second kappa shape index (κ2) is 9.56. The zero-order valence-electron chi connectivity index (χ0n) is 16.3. The second-order valence-electron chi connectivity index (χ2n) is 7.92. The predicted molar refractivity (Wildman–Crippen MR) is 119 cm³/mol. The molecule has 0 aliphatic carbocycles. The van der Waals surface area contributed by atoms with Crippen LogP contribution in [0.25, 0.3) is 0 Å². The first-order valence-electron chi connectivity index (χ1n) is 10.0. The lowest BCUT2D eigenvalue weighted by molar-refractivity contribution is -0.0265. The van der Waals surface area contributed by atoms with E-state index in [1.165, 1.54) is 30.4 Å². The summed E-state index contributed by atoms with van der Waals surface area (Å²) in [5.74, 6) is 1.35. The molecule has 0 aromatic heterocycles. The fraction of sp³-hybridized carbons (Fsp3) is 0.667. The molecule has 1 aromatic carbocycles. The minimum atomic E-state index is 0. The van der Waals surface area contributed by atoms with Crippen LogP contribution in [0.15, 0.2) is 29.3 Å². The second-order valence-corrected chi connectivity index (χ2v) is 7.92. The Balaban J connectivity index is 0.00000210. The molecule has 5 nitrogen and oxygen atoms in total. The molecular weight excluding hydrogens is 453 g/mol. The van der Waals surface area contributed by atoms with Crippen LogP contribution < -0.4 is 10.6 Å². The van der Waals surface area contributed by atoms with Crippen LogP contribution in [-0.4, -0.2) is 44.4 Å². The van der Waals surface area contributed by atoms with E-state index in [2.05, 4.69) is 46.8 Å². The molecule has 5 atom stereocenters. The molecule has 3 aliphatic heterocycles. The van der Waals surface area contributed by atoms with E-state index in [0.29, 0.717) is 24.2 Å². The summed E-state index contributed by atoms with van der Waals surface area (Å²) in [6, 6.07) is 9.16. The van der Waals surface area contributed by atoms with E-state index >= 15 is 0 Å². The zero-order valence-corrected chi connectivity index (χ0v) is 18.6. The largest absolute Gasteiger partial charge is 0.373 e. The number of ether oxygens (including phenoxy) is 2. The van der Waals surface area contributed by atoms with E-state index in [4.69, 9.17) is 9.47 Å². The molecule has 2 bridgehead atoms. The van der Waals surface area contributed by atoms with Crippen LogP contribution in [0.4, 0.5) is 0 Å². The maximum Gasteiger partial charge on any atom is 0.191 e. The predicted octanol–water partition coefficient (Wildman–Crippen LogP) is 3.57. The van der Waals surface area contributed by atoms with Crippen LogP contribution in [-0.2, 0) is 9.47 Å². The van der Waals surface area contributed by atoms with Crippen LogP contribution in [0, 0.1) is 12.8 Å². The third-order valence-corrected chi connectivity index (χ3v) is 6.03. The van der Waals surface area contributed by atoms with Crippen molar-refractivity contribution in [2.45, 2.75) is 63.4 Å². The monoisotopic (exact) mass is 485 g/mol. The van der Waals surface area contributed by atoms with Gasteiger partial charge in [0, 0.05) is 26.1 Å². The number of benzene rings is 1. The summed E-state index contributed by atoms with van der Waals surface area (Å²) in [4.78, 5) is 4.43. The van der Waals surface area contributed by atoms with Gasteiger partial charge in [0.2, 0.25) is 0 Å². The van der Waals surface area contributed by atoms with E-state index in [9.17, 15) is 0 Å². The molecule has 6 heteroatoms. The smallest absolute Gasteiger partial charge is 0.191 e. The summed E-state index contributed by atoms with van der Waals surface area (Å²) in [5.41, 5.74) is 2.57. The van der Waals surface area contributed by atoms with Crippen molar-refractivity contribution in [2.75, 3.05) is 20.2 Å². The Hall–Kier alpha value is -0.860. The fourth-order valence-electron chi connectivity index (χ4n) is 4.56. The van der Waals surface area contributed by atoms with Gasteiger partial charge in [-0.05, 0) is 44.6 Å². The van der Waals surface area contributed by atoms with E-state index < -0.39 is 0 Å². The average molecular weight is 485 g/mol. The molecule has 1 aromatic rings. The van der Waals surface area contributed by atoms with E-state index in [-0.39, 0.29) is 30.1 Å². The minimum absolute atomic E-state index is 0. The van der Waals surface area contributed by atoms with Crippen LogP contribution in [0.3, 0.4) is 0 Å². The van der Waals surface area contributed by atoms with Gasteiger partial charge in [0.1, 0.15) is 0 Å². The zero-order chi connectivity index (χ0) is 17.9. The first-order chi connectivity index (χ1) is 12.7. The standard InChI is InChI=1S/C21H31N3O2.HI/c1-14-5-7-15(8-6-14)20-16(4-3-11-25-20)13-23-21(22-2)24-18-12-17-9-10-19(18)26-17;/h5-8,16-20H,3-4,9-13H2,1-2H3,(H2,22,23,24);1H. The van der Waals surface area contributed by atoms with Crippen LogP contribution >= 0.6 is 24.0 Å². The molecular formula is C21H32IN3O2. The van der Waals surface area contributed by atoms with Gasteiger partial charge in [0.15, 0.2) is 5.96 Å². The number of guanidine groups is 1. The molecule has 150 valence electrons. The first-order valence-corrected chi connectivity index (χ1v) is 10.0. The van der Waals surface area contributed by atoms with Crippen molar-refractivity contribution in [1.82, 2.24) is 10.6 Å². The summed E-state index contributed by atoms with van der Waals surface area (Å²) in [5, 5.41) is 7.11. The Labute approximate surface area is 179 Å². The lowest BCUT2D eigenvalue weighted by Gasteiger charge is -2.33. The maximum absolute atomic E-state index is 6.14. The quantitative estimate of drug-likeness (QED) is 0.389. The summed E-state index contributed by atoms with van der Waals surface area (Å²) in [7, 11) is 1.85. The molecule has 3 saturated heterocycles. The molecule has 0 amide bonds. The SMILES string of the molecule is CN=C(NCC1CCCOC1c1ccc(C)cc1)NC1CC2CCC1O2.I. The topological polar surface area (TPSA) is 54.9 Å². The van der Waals surface area contributed by atoms with E-state index in [1.807, 2.05) is 7.05 Å². The van der Waals surface area contributed by atoms with E-state index in [1.54, 1.807) is 0 Å². The van der Waals surface area contributed by atoms with Crippen molar-refractivity contribution < 1.29 is 9.47 Å². The number of aryl methyl sites for hydroxylation is 1. The highest BCUT2D eigenvalue weighted by molar-refractivity contribution is 14.0. The normalized spacial score (nSPS) is 32.8. The van der Waals surface area contributed by atoms with Gasteiger partial charge in [-0.3, -0.25) is 4.99 Å². The first kappa shape index (κ1) is 20.9. The Bertz CT molecular complexity index is 637. The lowest BCUT2D eigenvalue weighted by atomic mass is 9.89. The van der Waals surface area contributed by atoms with Gasteiger partial charge in [-0.25, -0.2) is 0 Å². The number of aliphatic imine (C=N–C) groups is 1. The summed E-state index contributed by atoms with van der Waals surface area (Å²) in [6.07, 6.45) is 6.77. The highest BCUT2D eigenvalue weighted by Gasteiger charge is 2.41. The van der Waals surface area contributed by atoms with Gasteiger partial charge in [0.05, 0.1) is 24.4 Å². The number of hydrogen-bond donors (Lipinski definition) is 2. The van der Waals surface area contributed by atoms with Gasteiger partial charge in [-0.15, -0.1) is 24.0 Å². The lowest BCUT2D eigenvalue weighted by Crippen LogP contribution is -2.49. The van der Waals surface area contributed by atoms with Gasteiger partial charge < -0.3 is 20.1 Å². The average Bonchev–Trinajstić information content (AvgIpc) is 3.29. The number of halogens is 1. The van der Waals surface area contributed by atoms with Crippen LogP contribution in [0.5, 0.6) is 0 Å². The molecule has 5 unspecified atom stereocenters. The van der Waals surface area contributed by atoms with Crippen LogP contribution in [0.2, 0.25) is 0 Å². The van der Waals surface area contributed by atoms with Crippen molar-refractivity contribution in [3.63, 3.8) is 0 Å². The Morgan fingerprint density at radius 3 is 2.67 bits per heavy atom. The van der Waals surface area contributed by atoms with Crippen molar-refractivity contribution >= 4 is 29.9 Å². The molecule has 3 aliphatic rings. The Morgan fingerprint density at radius 2 is 2.00 bits per heavy atom. The van der Waals surface area contributed by atoms with Gasteiger partial charge in [0.25, 0.3) is 0 Å². The van der Waals surface area contributed by atoms with Crippen molar-refractivity contribution in [1.29, 1.82) is 0 Å². The summed E-state index contributed by atoms with van der Waals surface area (Å²) >= 11 is 0. The van der Waals surface area contributed by atoms with Gasteiger partial charge in [-0.1, -0.05) is 29.8 Å². The Morgan fingerprint density at radius 1 is 1.19 bits per heavy atom. The minimum Gasteiger partial charge on any atom is -0.373 e. The molecule has 3 heterocycles. The summed E-state index contributed by atoms with van der Waals surface area (Å²) in [6.45, 7) is 3.85. The molecule has 27 heavy (non-hydrogen) atoms. The number of nitrogens with zero attached hydrogens (tertiary/aromatic N) is 1. The summed E-state index contributed by atoms with van der Waals surface area (Å²) < 4.78 is 12.1. The third-order valence-electron chi connectivity index (χ3n) is 6.03. The maximum atomic E-state index is 6.14. The fourth-order valence-corrected chi connectivity index (χ4v) is 4.56. The number of rotatable bonds is 4. The van der Waals surface area contributed by atoms with Crippen molar-refractivity contribution in [3.8, 4) is 0 Å². The molecule has 0 spiro atoms. The van der Waals surface area contributed by atoms with Gasteiger partial charge in [-0.2, -0.15) is 0 Å². The molecule has 2 N–H and O–H groups in total. The number of hydrogen-bond acceptors (Lipinski definition) is 3. The molecule has 3 fully saturated rings. The third kappa shape index (κ3) is 4.95. The molecule has 0 saturated carbocycles.